The van der Waals surface area contributed by atoms with E-state index < -0.39 is 0 Å². The quantitative estimate of drug-likeness (QED) is 0.674. The predicted molar refractivity (Wildman–Crippen MR) is 51.2 cm³/mol. The zero-order valence-electron chi connectivity index (χ0n) is 6.77. The first-order chi connectivity index (χ1) is 6.06. The maximum atomic E-state index is 11.0. The molecule has 0 aliphatic heterocycles. The van der Waals surface area contributed by atoms with Gasteiger partial charge in [0.05, 0.1) is 21.7 Å². The molecular weight excluding hydrogens is 209 g/mol. The number of Topliss-reactive ketones (excluding diaryl/α,β-unsaturated/α-hetero) is 1. The van der Waals surface area contributed by atoms with Gasteiger partial charge in [0.25, 0.3) is 0 Å². The fourth-order valence-electron chi connectivity index (χ4n) is 0.931. The van der Waals surface area contributed by atoms with Crippen LogP contribution in [0.2, 0.25) is 10.0 Å². The minimum Gasteiger partial charge on any atom is -0.294 e. The normalized spacial score (nSPS) is 9.38. The molecule has 0 fully saturated rings. The number of hydrogen-bond acceptors (Lipinski definition) is 2. The highest BCUT2D eigenvalue weighted by Gasteiger charge is 2.10. The summed E-state index contributed by atoms with van der Waals surface area (Å²) in [6.45, 7) is 1.38. The van der Waals surface area contributed by atoms with Crippen LogP contribution in [0, 0.1) is 11.3 Å². The number of carbonyl (C=O) groups excluding carboxylic acids is 1. The van der Waals surface area contributed by atoms with Crippen molar-refractivity contribution < 1.29 is 4.79 Å². The molecule has 0 aliphatic rings. The van der Waals surface area contributed by atoms with Crippen LogP contribution < -0.4 is 0 Å². The number of rotatable bonds is 1. The van der Waals surface area contributed by atoms with Crippen LogP contribution in [-0.2, 0) is 0 Å². The molecule has 13 heavy (non-hydrogen) atoms. The fourth-order valence-corrected chi connectivity index (χ4v) is 1.26. The third-order valence-corrected chi connectivity index (χ3v) is 2.28. The Labute approximate surface area is 85.7 Å². The maximum absolute atomic E-state index is 11.0. The molecule has 1 aromatic rings. The van der Waals surface area contributed by atoms with Gasteiger partial charge < -0.3 is 0 Å². The topological polar surface area (TPSA) is 40.9 Å². The van der Waals surface area contributed by atoms with Gasteiger partial charge in [-0.15, -0.1) is 0 Å². The van der Waals surface area contributed by atoms with Crippen molar-refractivity contribution in [1.82, 2.24) is 0 Å². The Bertz CT molecular complexity index is 407. The summed E-state index contributed by atoms with van der Waals surface area (Å²) in [4.78, 5) is 11.0. The van der Waals surface area contributed by atoms with Gasteiger partial charge in [-0.1, -0.05) is 23.2 Å². The molecule has 0 saturated carbocycles. The van der Waals surface area contributed by atoms with E-state index in [9.17, 15) is 4.79 Å². The van der Waals surface area contributed by atoms with E-state index in [4.69, 9.17) is 28.5 Å². The van der Waals surface area contributed by atoms with Gasteiger partial charge in [-0.05, 0) is 19.1 Å². The molecule has 0 amide bonds. The average molecular weight is 214 g/mol. The molecular formula is C9H5Cl2NO. The summed E-state index contributed by atoms with van der Waals surface area (Å²) in [6.07, 6.45) is 0. The third kappa shape index (κ3) is 2.00. The second-order valence-electron chi connectivity index (χ2n) is 2.48. The molecule has 0 atom stereocenters. The van der Waals surface area contributed by atoms with E-state index in [1.165, 1.54) is 19.1 Å². The standard InChI is InChI=1S/C9H5Cl2NO/c1-5(13)7-3-9(11)8(10)2-6(7)4-12/h2-3H,1H3. The predicted octanol–water partition coefficient (Wildman–Crippen LogP) is 3.07. The molecule has 4 heteroatoms. The van der Waals surface area contributed by atoms with E-state index >= 15 is 0 Å². The van der Waals surface area contributed by atoms with Crippen molar-refractivity contribution in [3.63, 3.8) is 0 Å². The summed E-state index contributed by atoms with van der Waals surface area (Å²) in [5.74, 6) is -0.199. The molecule has 0 bridgehead atoms. The van der Waals surface area contributed by atoms with Crippen molar-refractivity contribution in [3.05, 3.63) is 33.3 Å². The molecule has 0 unspecified atom stereocenters. The first-order valence-corrected chi connectivity index (χ1v) is 4.22. The van der Waals surface area contributed by atoms with Crippen LogP contribution in [0.5, 0.6) is 0 Å². The smallest absolute Gasteiger partial charge is 0.161 e. The Morgan fingerprint density at radius 2 is 1.92 bits per heavy atom. The van der Waals surface area contributed by atoms with E-state index in [0.29, 0.717) is 5.56 Å². The Balaban J connectivity index is 3.44. The number of benzene rings is 1. The summed E-state index contributed by atoms with van der Waals surface area (Å²) >= 11 is 11.4. The maximum Gasteiger partial charge on any atom is 0.161 e. The van der Waals surface area contributed by atoms with E-state index in [1.807, 2.05) is 6.07 Å². The highest BCUT2D eigenvalue weighted by Crippen LogP contribution is 2.25. The van der Waals surface area contributed by atoms with E-state index in [0.717, 1.165) is 0 Å². The largest absolute Gasteiger partial charge is 0.294 e. The van der Waals surface area contributed by atoms with Crippen LogP contribution in [-0.4, -0.2) is 5.78 Å². The second kappa shape index (κ2) is 3.78. The average Bonchev–Trinajstić information content (AvgIpc) is 2.08. The highest BCUT2D eigenvalue weighted by atomic mass is 35.5. The molecule has 66 valence electrons. The van der Waals surface area contributed by atoms with Crippen LogP contribution >= 0.6 is 23.2 Å². The lowest BCUT2D eigenvalue weighted by molar-refractivity contribution is 0.101. The number of ketones is 1. The number of nitriles is 1. The van der Waals surface area contributed by atoms with Crippen LogP contribution in [0.3, 0.4) is 0 Å². The van der Waals surface area contributed by atoms with Crippen LogP contribution in [0.1, 0.15) is 22.8 Å². The van der Waals surface area contributed by atoms with Gasteiger partial charge in [0.1, 0.15) is 0 Å². The van der Waals surface area contributed by atoms with Crippen molar-refractivity contribution in [1.29, 1.82) is 5.26 Å². The lowest BCUT2D eigenvalue weighted by atomic mass is 10.1. The first kappa shape index (κ1) is 10.0. The number of hydrogen-bond donors (Lipinski definition) is 0. The zero-order chi connectivity index (χ0) is 10.0. The van der Waals surface area contributed by atoms with Crippen LogP contribution in [0.4, 0.5) is 0 Å². The Morgan fingerprint density at radius 1 is 1.38 bits per heavy atom. The second-order valence-corrected chi connectivity index (χ2v) is 3.29. The van der Waals surface area contributed by atoms with Crippen molar-refractivity contribution in [2.24, 2.45) is 0 Å². The zero-order valence-corrected chi connectivity index (χ0v) is 8.28. The molecule has 0 N–H and O–H groups in total. The molecule has 0 spiro atoms. The lowest BCUT2D eigenvalue weighted by Crippen LogP contribution is -1.96. The van der Waals surface area contributed by atoms with E-state index in [1.54, 1.807) is 0 Å². The number of carbonyl (C=O) groups is 1. The number of nitrogens with zero attached hydrogens (tertiary/aromatic N) is 1. The van der Waals surface area contributed by atoms with Crippen molar-refractivity contribution in [3.8, 4) is 6.07 Å². The van der Waals surface area contributed by atoms with Crippen LogP contribution in [0.15, 0.2) is 12.1 Å². The molecule has 0 aromatic heterocycles. The van der Waals surface area contributed by atoms with Crippen molar-refractivity contribution >= 4 is 29.0 Å². The first-order valence-electron chi connectivity index (χ1n) is 3.46. The summed E-state index contributed by atoms with van der Waals surface area (Å²) in [7, 11) is 0. The number of halogens is 2. The molecule has 0 aliphatic carbocycles. The highest BCUT2D eigenvalue weighted by molar-refractivity contribution is 6.42. The minimum atomic E-state index is -0.199. The van der Waals surface area contributed by atoms with E-state index in [2.05, 4.69) is 0 Å². The summed E-state index contributed by atoms with van der Waals surface area (Å²) in [5.41, 5.74) is 0.554. The molecule has 2 nitrogen and oxygen atoms in total. The Hall–Kier alpha value is -1.04. The summed E-state index contributed by atoms with van der Waals surface area (Å²) in [6, 6.07) is 4.68. The van der Waals surface area contributed by atoms with Crippen molar-refractivity contribution in [2.45, 2.75) is 6.92 Å². The Kier molecular flexibility index (Phi) is 2.92. The molecule has 0 heterocycles. The van der Waals surface area contributed by atoms with Crippen molar-refractivity contribution in [2.75, 3.05) is 0 Å². The van der Waals surface area contributed by atoms with Gasteiger partial charge in [-0.25, -0.2) is 0 Å². The SMILES string of the molecule is CC(=O)c1cc(Cl)c(Cl)cc1C#N. The fraction of sp³-hybridized carbons (Fsp3) is 0.111. The van der Waals surface area contributed by atoms with Gasteiger partial charge >= 0.3 is 0 Å². The molecule has 1 rings (SSSR count). The summed E-state index contributed by atoms with van der Waals surface area (Å²) in [5, 5.41) is 9.24. The lowest BCUT2D eigenvalue weighted by Gasteiger charge is -2.01. The third-order valence-electron chi connectivity index (χ3n) is 1.56. The Morgan fingerprint density at radius 3 is 2.38 bits per heavy atom. The van der Waals surface area contributed by atoms with Gasteiger partial charge in [0.15, 0.2) is 5.78 Å². The van der Waals surface area contributed by atoms with Gasteiger partial charge in [0, 0.05) is 5.56 Å². The molecule has 1 aromatic carbocycles. The van der Waals surface area contributed by atoms with Gasteiger partial charge in [-0.2, -0.15) is 5.26 Å². The molecule has 0 radical (unpaired) electrons. The minimum absolute atomic E-state index is 0.199. The van der Waals surface area contributed by atoms with Gasteiger partial charge in [-0.3, -0.25) is 4.79 Å². The van der Waals surface area contributed by atoms with Gasteiger partial charge in [0.2, 0.25) is 0 Å². The van der Waals surface area contributed by atoms with Crippen LogP contribution in [0.25, 0.3) is 0 Å². The van der Waals surface area contributed by atoms with E-state index in [-0.39, 0.29) is 21.4 Å². The summed E-state index contributed by atoms with van der Waals surface area (Å²) < 4.78 is 0. The molecule has 0 saturated heterocycles. The monoisotopic (exact) mass is 213 g/mol.